The molecule has 0 radical (unpaired) electrons. The lowest BCUT2D eigenvalue weighted by molar-refractivity contribution is -0.139. The number of hydrogen-bond acceptors (Lipinski definition) is 3. The molecule has 0 spiro atoms. The second-order valence-electron chi connectivity index (χ2n) is 9.91. The molecule has 3 aromatic rings. The van der Waals surface area contributed by atoms with Gasteiger partial charge in [-0.25, -0.2) is 0 Å². The van der Waals surface area contributed by atoms with E-state index in [9.17, 15) is 14.4 Å². The summed E-state index contributed by atoms with van der Waals surface area (Å²) in [5.41, 5.74) is 2.48. The lowest BCUT2D eigenvalue weighted by Gasteiger charge is -2.32. The standard InChI is InChI=1S/C30H33N3O3/c1-21(29(35)31-24-14-6-3-7-15-24)32(19-18-22-10-4-2-5-11-22)27(34)20-33-26-17-9-13-23-12-8-16-25(28(23)26)30(33)36/h2,4-5,8-13,16-17,21,24H,3,6-7,14-15,18-20H2,1H3,(H,31,35)/t21-/m1/s1. The van der Waals surface area contributed by atoms with Crippen molar-refractivity contribution >= 4 is 34.2 Å². The van der Waals surface area contributed by atoms with Crippen LogP contribution >= 0.6 is 0 Å². The van der Waals surface area contributed by atoms with Gasteiger partial charge >= 0.3 is 0 Å². The van der Waals surface area contributed by atoms with Crippen LogP contribution < -0.4 is 10.2 Å². The molecule has 1 atom stereocenters. The maximum absolute atomic E-state index is 13.7. The van der Waals surface area contributed by atoms with E-state index in [-0.39, 0.29) is 30.3 Å². The lowest BCUT2D eigenvalue weighted by Crippen LogP contribution is -2.53. The van der Waals surface area contributed by atoms with Gasteiger partial charge in [0, 0.05) is 23.5 Å². The molecule has 1 aliphatic carbocycles. The summed E-state index contributed by atoms with van der Waals surface area (Å²) in [7, 11) is 0. The van der Waals surface area contributed by atoms with Crippen LogP contribution in [0.4, 0.5) is 5.69 Å². The maximum atomic E-state index is 13.7. The third-order valence-corrected chi connectivity index (χ3v) is 7.55. The Kier molecular flexibility index (Phi) is 7.03. The zero-order chi connectivity index (χ0) is 25.1. The minimum atomic E-state index is -0.626. The summed E-state index contributed by atoms with van der Waals surface area (Å²) >= 11 is 0. The Labute approximate surface area is 212 Å². The number of carbonyl (C=O) groups is 3. The number of carbonyl (C=O) groups excluding carboxylic acids is 3. The normalized spacial score (nSPS) is 16.2. The van der Waals surface area contributed by atoms with E-state index in [1.807, 2.05) is 66.7 Å². The van der Waals surface area contributed by atoms with Crippen LogP contribution in [0.1, 0.15) is 54.9 Å². The van der Waals surface area contributed by atoms with E-state index in [0.29, 0.717) is 18.5 Å². The van der Waals surface area contributed by atoms with Crippen LogP contribution in [-0.2, 0) is 16.0 Å². The molecular formula is C30H33N3O3. The van der Waals surface area contributed by atoms with Crippen molar-refractivity contribution in [2.45, 2.75) is 57.5 Å². The summed E-state index contributed by atoms with van der Waals surface area (Å²) in [6.45, 7) is 2.10. The van der Waals surface area contributed by atoms with Crippen molar-refractivity contribution in [1.29, 1.82) is 0 Å². The molecule has 1 aliphatic heterocycles. The molecule has 3 aromatic carbocycles. The van der Waals surface area contributed by atoms with Crippen LogP contribution in [0, 0.1) is 0 Å². The van der Waals surface area contributed by atoms with Gasteiger partial charge in [0.05, 0.1) is 5.69 Å². The van der Waals surface area contributed by atoms with E-state index in [0.717, 1.165) is 47.7 Å². The summed E-state index contributed by atoms with van der Waals surface area (Å²) in [5, 5.41) is 5.04. The van der Waals surface area contributed by atoms with Crippen molar-refractivity contribution in [3.63, 3.8) is 0 Å². The van der Waals surface area contributed by atoms with E-state index < -0.39 is 6.04 Å². The molecule has 6 nitrogen and oxygen atoms in total. The highest BCUT2D eigenvalue weighted by Gasteiger charge is 2.34. The molecular weight excluding hydrogens is 450 g/mol. The summed E-state index contributed by atoms with van der Waals surface area (Å²) in [6.07, 6.45) is 6.07. The number of anilines is 1. The van der Waals surface area contributed by atoms with Crippen molar-refractivity contribution in [3.05, 3.63) is 77.9 Å². The molecule has 6 heteroatoms. The van der Waals surface area contributed by atoms with Gasteiger partial charge in [-0.3, -0.25) is 19.3 Å². The number of amides is 3. The molecule has 3 amide bonds. The Balaban J connectivity index is 1.35. The number of nitrogens with zero attached hydrogens (tertiary/aromatic N) is 2. The van der Waals surface area contributed by atoms with E-state index >= 15 is 0 Å². The highest BCUT2D eigenvalue weighted by molar-refractivity contribution is 6.26. The number of benzene rings is 3. The average molecular weight is 484 g/mol. The van der Waals surface area contributed by atoms with Crippen LogP contribution in [-0.4, -0.2) is 47.8 Å². The zero-order valence-electron chi connectivity index (χ0n) is 20.8. The first-order chi connectivity index (χ1) is 17.5. The zero-order valence-corrected chi connectivity index (χ0v) is 20.8. The predicted octanol–water partition coefficient (Wildman–Crippen LogP) is 4.71. The molecule has 5 rings (SSSR count). The molecule has 186 valence electrons. The SMILES string of the molecule is C[C@H](C(=O)NC1CCCCC1)N(CCc1ccccc1)C(=O)CN1C(=O)c2cccc3cccc1c23. The molecule has 0 aromatic heterocycles. The van der Waals surface area contributed by atoms with Gasteiger partial charge in [0.25, 0.3) is 5.91 Å². The third-order valence-electron chi connectivity index (χ3n) is 7.55. The Morgan fingerprint density at radius 3 is 2.44 bits per heavy atom. The molecule has 36 heavy (non-hydrogen) atoms. The number of nitrogens with one attached hydrogen (secondary N) is 1. The van der Waals surface area contributed by atoms with Gasteiger partial charge in [-0.2, -0.15) is 0 Å². The maximum Gasteiger partial charge on any atom is 0.259 e. The highest BCUT2D eigenvalue weighted by atomic mass is 16.2. The molecule has 1 N–H and O–H groups in total. The van der Waals surface area contributed by atoms with Crippen LogP contribution in [0.15, 0.2) is 66.7 Å². The van der Waals surface area contributed by atoms with Gasteiger partial charge in [-0.05, 0) is 49.3 Å². The summed E-state index contributed by atoms with van der Waals surface area (Å²) in [5.74, 6) is -0.519. The number of hydrogen-bond donors (Lipinski definition) is 1. The van der Waals surface area contributed by atoms with Crippen molar-refractivity contribution in [2.24, 2.45) is 0 Å². The van der Waals surface area contributed by atoms with Crippen LogP contribution in [0.2, 0.25) is 0 Å². The largest absolute Gasteiger partial charge is 0.352 e. The summed E-state index contributed by atoms with van der Waals surface area (Å²) in [4.78, 5) is 43.4. The predicted molar refractivity (Wildman–Crippen MR) is 142 cm³/mol. The summed E-state index contributed by atoms with van der Waals surface area (Å²) < 4.78 is 0. The van der Waals surface area contributed by atoms with Crippen molar-refractivity contribution < 1.29 is 14.4 Å². The van der Waals surface area contributed by atoms with Crippen molar-refractivity contribution in [1.82, 2.24) is 10.2 Å². The van der Waals surface area contributed by atoms with E-state index in [4.69, 9.17) is 0 Å². The van der Waals surface area contributed by atoms with Crippen LogP contribution in [0.3, 0.4) is 0 Å². The fraction of sp³-hybridized carbons (Fsp3) is 0.367. The number of rotatable bonds is 8. The fourth-order valence-corrected chi connectivity index (χ4v) is 5.50. The first kappa shape index (κ1) is 24.0. The van der Waals surface area contributed by atoms with E-state index in [1.54, 1.807) is 16.7 Å². The van der Waals surface area contributed by atoms with Gasteiger partial charge in [0.1, 0.15) is 12.6 Å². The van der Waals surface area contributed by atoms with E-state index in [1.165, 1.54) is 6.42 Å². The molecule has 0 saturated heterocycles. The highest BCUT2D eigenvalue weighted by Crippen LogP contribution is 2.37. The molecule has 2 aliphatic rings. The van der Waals surface area contributed by atoms with Crippen molar-refractivity contribution in [3.8, 4) is 0 Å². The Morgan fingerprint density at radius 1 is 0.972 bits per heavy atom. The third kappa shape index (κ3) is 4.85. The van der Waals surface area contributed by atoms with Crippen LogP contribution in [0.25, 0.3) is 10.8 Å². The topological polar surface area (TPSA) is 69.7 Å². The second kappa shape index (κ2) is 10.5. The first-order valence-corrected chi connectivity index (χ1v) is 13.0. The van der Waals surface area contributed by atoms with Gasteiger partial charge in [0.2, 0.25) is 11.8 Å². The van der Waals surface area contributed by atoms with Gasteiger partial charge in [0.15, 0.2) is 0 Å². The second-order valence-corrected chi connectivity index (χ2v) is 9.91. The molecule has 0 unspecified atom stereocenters. The smallest absolute Gasteiger partial charge is 0.259 e. The fourth-order valence-electron chi connectivity index (χ4n) is 5.50. The molecule has 0 bridgehead atoms. The van der Waals surface area contributed by atoms with Gasteiger partial charge in [-0.1, -0.05) is 73.9 Å². The quantitative estimate of drug-likeness (QED) is 0.505. The minimum absolute atomic E-state index is 0.0948. The van der Waals surface area contributed by atoms with Crippen LogP contribution in [0.5, 0.6) is 0 Å². The molecule has 1 fully saturated rings. The lowest BCUT2D eigenvalue weighted by atomic mass is 9.95. The summed E-state index contributed by atoms with van der Waals surface area (Å²) in [6, 6.07) is 20.9. The Bertz CT molecular complexity index is 1260. The average Bonchev–Trinajstić information content (AvgIpc) is 3.18. The van der Waals surface area contributed by atoms with E-state index in [2.05, 4.69) is 5.32 Å². The van der Waals surface area contributed by atoms with Gasteiger partial charge in [-0.15, -0.1) is 0 Å². The molecule has 1 heterocycles. The minimum Gasteiger partial charge on any atom is -0.352 e. The Hall–Kier alpha value is -3.67. The van der Waals surface area contributed by atoms with Gasteiger partial charge < -0.3 is 10.2 Å². The first-order valence-electron chi connectivity index (χ1n) is 13.0. The molecule has 1 saturated carbocycles. The monoisotopic (exact) mass is 483 g/mol. The Morgan fingerprint density at radius 2 is 1.69 bits per heavy atom. The van der Waals surface area contributed by atoms with Crippen molar-refractivity contribution in [2.75, 3.05) is 18.0 Å².